The number of benzene rings is 6. The lowest BCUT2D eigenvalue weighted by atomic mass is 9.99. The number of carbonyl (C=O) groups is 7. The first-order valence-corrected chi connectivity index (χ1v) is 33.7. The quantitative estimate of drug-likeness (QED) is 0.0415. The first-order chi connectivity index (χ1) is 47.2. The second-order valence-electron chi connectivity index (χ2n) is 26.2. The molecule has 6 aromatic carbocycles. The Kier molecular flexibility index (Phi) is 23.5. The van der Waals surface area contributed by atoms with Crippen molar-refractivity contribution in [2.75, 3.05) is 59.2 Å². The van der Waals surface area contributed by atoms with Gasteiger partial charge in [-0.3, -0.25) is 52.9 Å². The van der Waals surface area contributed by atoms with E-state index < -0.39 is 23.4 Å². The molecule has 3 aromatic heterocycles. The van der Waals surface area contributed by atoms with E-state index in [2.05, 4.69) is 63.0 Å². The van der Waals surface area contributed by atoms with Crippen molar-refractivity contribution in [1.29, 1.82) is 0 Å². The van der Waals surface area contributed by atoms with Crippen molar-refractivity contribution in [3.05, 3.63) is 213 Å². The van der Waals surface area contributed by atoms with Gasteiger partial charge in [0.05, 0.1) is 16.6 Å². The molecule has 6 atom stereocenters. The number of aryl methyl sites for hydroxylation is 3. The number of nitrogens with one attached hydrogen (secondary N) is 4. The second kappa shape index (κ2) is 31.7. The average molecular weight is 1350 g/mol. The molecule has 0 radical (unpaired) electrons. The minimum Gasteiger partial charge on any atom is -0.361 e. The minimum atomic E-state index is -0.745. The summed E-state index contributed by atoms with van der Waals surface area (Å²) in [6.45, 7) is 28.2. The van der Waals surface area contributed by atoms with E-state index in [1.54, 1.807) is 42.5 Å². The molecule has 3 saturated heterocycles. The van der Waals surface area contributed by atoms with Gasteiger partial charge in [-0.25, -0.2) is 13.2 Å². The molecule has 9 aromatic rings. The first-order valence-electron chi connectivity index (χ1n) is 33.7. The molecule has 5 amide bonds. The number of aromatic nitrogens is 3. The molecule has 99 heavy (non-hydrogen) atoms. The van der Waals surface area contributed by atoms with E-state index in [1.807, 2.05) is 106 Å². The molecule has 6 N–H and O–H groups in total. The fourth-order valence-corrected chi connectivity index (χ4v) is 13.5. The SMILES string of the molecule is CC.CNC(=O)C(=O)c1c[nH]c2cc(C)c(C(=O)N3C[C@H](C)N(Cc4ccc(F)cc4)C[C@H]3C)cc12.CNC(=O)C(=O)c1cn(N)c2cc(C)c(C(=O)N3C[C@H](C)N(Cc4ccc(F)cc4)C[C@H]3C)cc12.Cc1cc2[nH]ccc2cc1C(=O)N1C[C@H](C)N(Cc2ccc(F)cc2)C[C@H]1C. The first kappa shape index (κ1) is 73.3. The normalized spacial score (nSPS) is 18.9. The molecule has 3 aliphatic rings. The molecule has 12 rings (SSSR count). The van der Waals surface area contributed by atoms with Gasteiger partial charge in [0.1, 0.15) is 17.5 Å². The summed E-state index contributed by atoms with van der Waals surface area (Å²) in [4.78, 5) is 108. The Hall–Kier alpha value is -9.90. The van der Waals surface area contributed by atoms with E-state index in [9.17, 15) is 46.7 Å². The number of Topliss-reactive ketones (excluding diaryl/α,β-unsaturated/α-hetero) is 2. The molecule has 3 aliphatic heterocycles. The van der Waals surface area contributed by atoms with Crippen LogP contribution in [0.5, 0.6) is 0 Å². The zero-order chi connectivity index (χ0) is 71.8. The third kappa shape index (κ3) is 16.5. The van der Waals surface area contributed by atoms with Crippen LogP contribution in [0.15, 0.2) is 134 Å². The molecule has 0 unspecified atom stereocenters. The molecule has 0 aliphatic carbocycles. The van der Waals surface area contributed by atoms with Gasteiger partial charge in [-0.1, -0.05) is 50.2 Å². The predicted molar refractivity (Wildman–Crippen MR) is 381 cm³/mol. The van der Waals surface area contributed by atoms with Gasteiger partial charge in [-0.15, -0.1) is 0 Å². The molecule has 0 saturated carbocycles. The number of hydrogen-bond acceptors (Lipinski definition) is 11. The largest absolute Gasteiger partial charge is 0.361 e. The van der Waals surface area contributed by atoms with Gasteiger partial charge < -0.3 is 41.1 Å². The number of fused-ring (bicyclic) bond motifs is 3. The highest BCUT2D eigenvalue weighted by Crippen LogP contribution is 2.31. The van der Waals surface area contributed by atoms with Gasteiger partial charge in [0.15, 0.2) is 0 Å². The van der Waals surface area contributed by atoms with Crippen LogP contribution in [0.1, 0.15) is 141 Å². The zero-order valence-electron chi connectivity index (χ0n) is 58.7. The van der Waals surface area contributed by atoms with Gasteiger partial charge in [-0.05, 0) is 175 Å². The molecular formula is C77H91F3N12O7. The number of aromatic amines is 2. The maximum absolute atomic E-state index is 13.7. The molecule has 0 spiro atoms. The number of rotatable bonds is 13. The van der Waals surface area contributed by atoms with Crippen LogP contribution in [0.3, 0.4) is 0 Å². The topological polar surface area (TPSA) is 226 Å². The highest BCUT2D eigenvalue weighted by molar-refractivity contribution is 6.45. The molecule has 19 nitrogen and oxygen atoms in total. The lowest BCUT2D eigenvalue weighted by Gasteiger charge is -2.44. The van der Waals surface area contributed by atoms with Crippen molar-refractivity contribution >= 4 is 73.8 Å². The number of nitrogens with zero attached hydrogens (tertiary/aromatic N) is 7. The van der Waals surface area contributed by atoms with Crippen molar-refractivity contribution in [2.45, 2.75) is 132 Å². The van der Waals surface area contributed by atoms with Gasteiger partial charge in [0.25, 0.3) is 41.1 Å². The van der Waals surface area contributed by atoms with Crippen LogP contribution in [0, 0.1) is 38.2 Å². The summed E-state index contributed by atoms with van der Waals surface area (Å²) in [6.07, 6.45) is 4.82. The van der Waals surface area contributed by atoms with Gasteiger partial charge >= 0.3 is 0 Å². The van der Waals surface area contributed by atoms with Crippen molar-refractivity contribution in [1.82, 2.24) is 54.7 Å². The van der Waals surface area contributed by atoms with Crippen molar-refractivity contribution in [3.63, 3.8) is 0 Å². The number of nitrogens with two attached hydrogens (primary N) is 1. The Morgan fingerprint density at radius 2 is 0.808 bits per heavy atom. The van der Waals surface area contributed by atoms with E-state index in [4.69, 9.17) is 5.84 Å². The lowest BCUT2D eigenvalue weighted by Crippen LogP contribution is -2.57. The number of likely N-dealkylation sites (N-methyl/N-ethyl adjacent to an activating group) is 2. The summed E-state index contributed by atoms with van der Waals surface area (Å²) in [5, 5.41) is 6.77. The number of H-pyrrole nitrogens is 2. The number of halogens is 3. The Morgan fingerprint density at radius 3 is 1.21 bits per heavy atom. The molecule has 22 heteroatoms. The molecule has 522 valence electrons. The number of carbonyl (C=O) groups excluding carboxylic acids is 7. The van der Waals surface area contributed by atoms with Gasteiger partial charge in [-0.2, -0.15) is 0 Å². The highest BCUT2D eigenvalue weighted by atomic mass is 19.1. The predicted octanol–water partition coefficient (Wildman–Crippen LogP) is 11.1. The average Bonchev–Trinajstić information content (AvgIpc) is 1.69. The van der Waals surface area contributed by atoms with Crippen molar-refractivity contribution in [3.8, 4) is 0 Å². The summed E-state index contributed by atoms with van der Waals surface area (Å²) in [6, 6.07) is 33.1. The van der Waals surface area contributed by atoms with E-state index in [0.29, 0.717) is 78.7 Å². The fourth-order valence-electron chi connectivity index (χ4n) is 13.5. The van der Waals surface area contributed by atoms with Gasteiger partial charge in [0.2, 0.25) is 0 Å². The van der Waals surface area contributed by atoms with Crippen LogP contribution >= 0.6 is 0 Å². The highest BCUT2D eigenvalue weighted by Gasteiger charge is 2.37. The van der Waals surface area contributed by atoms with Crippen molar-refractivity contribution in [2.24, 2.45) is 0 Å². The second-order valence-corrected chi connectivity index (χ2v) is 26.2. The van der Waals surface area contributed by atoms with E-state index in [0.717, 1.165) is 62.9 Å². The van der Waals surface area contributed by atoms with Crippen LogP contribution in [-0.2, 0) is 29.2 Å². The standard InChI is InChI=1S/C26H30FN5O3.C26H29FN4O3.C23H26FN3O.C2H6/c1-15-9-23-21(22(14-32(23)28)24(33)25(34)29-4)10-20(15)26(35)31-12-16(2)30(11-17(31)3)13-18-5-7-19(27)8-6-18;1-15-9-23-21(22(11-29-23)24(32)25(33)28-4)10-20(15)26(34)31-13-16(2)30(12-17(31)3)14-18-5-7-19(27)8-6-18;1-15-10-22-19(8-9-25-22)11-21(15)23(28)27-13-16(2)26(12-17(27)3)14-18-4-6-20(24)7-5-18;1-2/h5-10,14,16-17H,11-13,28H2,1-4H3,(H,29,34);5-11,16-17,29H,12-14H2,1-4H3,(H,28,33);4-11,16-17,25H,12-14H2,1-3H3;1-2H3/t3*16-,17+;/m000./s1. The van der Waals surface area contributed by atoms with Crippen LogP contribution < -0.4 is 16.5 Å². The van der Waals surface area contributed by atoms with Crippen LogP contribution in [0.25, 0.3) is 32.7 Å². The number of amides is 5. The summed E-state index contributed by atoms with van der Waals surface area (Å²) in [7, 11) is 2.80. The summed E-state index contributed by atoms with van der Waals surface area (Å²) < 4.78 is 41.0. The lowest BCUT2D eigenvalue weighted by molar-refractivity contribution is -0.117. The Morgan fingerprint density at radius 1 is 0.444 bits per heavy atom. The van der Waals surface area contributed by atoms with Gasteiger partial charge in [0, 0.05) is 172 Å². The van der Waals surface area contributed by atoms with E-state index in [1.165, 1.54) is 67.6 Å². The fraction of sp³-hybridized carbons (Fsp3) is 0.364. The summed E-state index contributed by atoms with van der Waals surface area (Å²) in [5.41, 5.74) is 10.2. The minimum absolute atomic E-state index is 0.0301. The number of piperazine rings is 3. The maximum atomic E-state index is 13.7. The van der Waals surface area contributed by atoms with E-state index >= 15 is 0 Å². The van der Waals surface area contributed by atoms with E-state index in [-0.39, 0.29) is 82.6 Å². The monoisotopic (exact) mass is 1350 g/mol. The Labute approximate surface area is 576 Å². The van der Waals surface area contributed by atoms with Crippen LogP contribution in [0.4, 0.5) is 13.2 Å². The Balaban J connectivity index is 0.000000172. The number of ketones is 2. The van der Waals surface area contributed by atoms with Crippen LogP contribution in [0.2, 0.25) is 0 Å². The molecule has 0 bridgehead atoms. The third-order valence-electron chi connectivity index (χ3n) is 19.2. The molecule has 6 heterocycles. The number of hydrogen-bond donors (Lipinski definition) is 5. The molecular weight excluding hydrogens is 1260 g/mol. The Bertz CT molecular complexity index is 4430. The molecule has 3 fully saturated rings. The van der Waals surface area contributed by atoms with Crippen molar-refractivity contribution < 1.29 is 46.7 Å². The number of nitrogen functional groups attached to an aromatic ring is 1. The smallest absolute Gasteiger partial charge is 0.292 e. The summed E-state index contributed by atoms with van der Waals surface area (Å²) in [5.74, 6) is 2.38. The third-order valence-corrected chi connectivity index (χ3v) is 19.2. The summed E-state index contributed by atoms with van der Waals surface area (Å²) >= 11 is 0. The zero-order valence-corrected chi connectivity index (χ0v) is 58.7. The van der Waals surface area contributed by atoms with Crippen LogP contribution in [-0.4, -0.2) is 175 Å². The maximum Gasteiger partial charge on any atom is 0.292 e.